The first-order valence-electron chi connectivity index (χ1n) is 6.80. The van der Waals surface area contributed by atoms with Crippen LogP contribution in [-0.2, 0) is 6.54 Å². The molecular weight excluding hydrogens is 222 g/mol. The van der Waals surface area contributed by atoms with E-state index in [1.54, 1.807) is 0 Å². The molecule has 2 aliphatic heterocycles. The number of nitrogens with one attached hydrogen (secondary N) is 1. The van der Waals surface area contributed by atoms with Crippen LogP contribution in [0.1, 0.15) is 24.0 Å². The Morgan fingerprint density at radius 1 is 1.33 bits per heavy atom. The molecule has 3 rings (SSSR count). The zero-order chi connectivity index (χ0) is 12.4. The number of fused-ring (bicyclic) bond motifs is 1. The monoisotopic (exact) mass is 241 g/mol. The van der Waals surface area contributed by atoms with Crippen LogP contribution >= 0.6 is 0 Å². The third-order valence-corrected chi connectivity index (χ3v) is 4.21. The van der Waals surface area contributed by atoms with Crippen LogP contribution in [0.5, 0.6) is 0 Å². The van der Waals surface area contributed by atoms with Gasteiger partial charge in [-0.25, -0.2) is 0 Å². The Morgan fingerprint density at radius 2 is 2.22 bits per heavy atom. The molecule has 1 aromatic rings. The summed E-state index contributed by atoms with van der Waals surface area (Å²) in [5, 5.41) is 12.7. The first-order valence-corrected chi connectivity index (χ1v) is 6.80. The number of likely N-dealkylation sites (tertiary alicyclic amines) is 1. The molecule has 2 heterocycles. The Kier molecular flexibility index (Phi) is 3.31. The highest BCUT2D eigenvalue weighted by Crippen LogP contribution is 2.26. The molecule has 0 saturated carbocycles. The number of benzene rings is 1. The van der Waals surface area contributed by atoms with E-state index in [1.165, 1.54) is 31.5 Å². The van der Waals surface area contributed by atoms with Gasteiger partial charge in [0.2, 0.25) is 0 Å². The highest BCUT2D eigenvalue weighted by Gasteiger charge is 2.34. The van der Waals surface area contributed by atoms with Crippen molar-refractivity contribution >= 4 is 0 Å². The van der Waals surface area contributed by atoms with Crippen molar-refractivity contribution in [1.82, 2.24) is 10.2 Å². The van der Waals surface area contributed by atoms with Gasteiger partial charge in [0.25, 0.3) is 0 Å². The van der Waals surface area contributed by atoms with Crippen LogP contribution in [-0.4, -0.2) is 30.6 Å². The molecule has 0 spiro atoms. The topological polar surface area (TPSA) is 39.1 Å². The Morgan fingerprint density at radius 3 is 3.06 bits per heavy atom. The van der Waals surface area contributed by atoms with Gasteiger partial charge < -0.3 is 5.32 Å². The lowest BCUT2D eigenvalue weighted by Crippen LogP contribution is -2.40. The maximum absolute atomic E-state index is 9.12. The summed E-state index contributed by atoms with van der Waals surface area (Å²) >= 11 is 0. The zero-order valence-corrected chi connectivity index (χ0v) is 10.6. The molecule has 0 bridgehead atoms. The van der Waals surface area contributed by atoms with E-state index in [4.69, 9.17) is 5.26 Å². The summed E-state index contributed by atoms with van der Waals surface area (Å²) < 4.78 is 0. The van der Waals surface area contributed by atoms with E-state index in [9.17, 15) is 0 Å². The van der Waals surface area contributed by atoms with E-state index in [0.717, 1.165) is 24.6 Å². The fourth-order valence-electron chi connectivity index (χ4n) is 3.27. The molecule has 0 unspecified atom stereocenters. The summed E-state index contributed by atoms with van der Waals surface area (Å²) in [5.41, 5.74) is 1.99. The fraction of sp³-hybridized carbons (Fsp3) is 0.533. The SMILES string of the molecule is N#Cc1ccccc1CN1C[C@@H]2CCCN[C@@H]2C1. The number of nitrogens with zero attached hydrogens (tertiary/aromatic N) is 2. The number of piperidine rings is 1. The van der Waals surface area contributed by atoms with Crippen molar-refractivity contribution in [3.63, 3.8) is 0 Å². The second-order valence-electron chi connectivity index (χ2n) is 5.43. The molecule has 18 heavy (non-hydrogen) atoms. The molecule has 1 N–H and O–H groups in total. The van der Waals surface area contributed by atoms with Crippen molar-refractivity contribution in [3.8, 4) is 6.07 Å². The molecule has 94 valence electrons. The number of hydrogen-bond donors (Lipinski definition) is 1. The molecule has 3 heteroatoms. The molecule has 3 nitrogen and oxygen atoms in total. The second-order valence-corrected chi connectivity index (χ2v) is 5.43. The molecule has 0 amide bonds. The van der Waals surface area contributed by atoms with Gasteiger partial charge in [-0.1, -0.05) is 18.2 Å². The smallest absolute Gasteiger partial charge is 0.0995 e. The van der Waals surface area contributed by atoms with Crippen LogP contribution in [0.4, 0.5) is 0 Å². The third-order valence-electron chi connectivity index (χ3n) is 4.21. The number of nitriles is 1. The second kappa shape index (κ2) is 5.09. The highest BCUT2D eigenvalue weighted by molar-refractivity contribution is 5.37. The van der Waals surface area contributed by atoms with E-state index in [0.29, 0.717) is 6.04 Å². The van der Waals surface area contributed by atoms with Gasteiger partial charge in [0.1, 0.15) is 0 Å². The van der Waals surface area contributed by atoms with E-state index in [2.05, 4.69) is 22.4 Å². The lowest BCUT2D eigenvalue weighted by atomic mass is 9.94. The summed E-state index contributed by atoms with van der Waals surface area (Å²) in [7, 11) is 0. The van der Waals surface area contributed by atoms with Crippen LogP contribution in [0.2, 0.25) is 0 Å². The van der Waals surface area contributed by atoms with Crippen LogP contribution < -0.4 is 5.32 Å². The predicted octanol–water partition coefficient (Wildman–Crippen LogP) is 1.74. The Hall–Kier alpha value is -1.37. The van der Waals surface area contributed by atoms with Crippen molar-refractivity contribution in [1.29, 1.82) is 5.26 Å². The van der Waals surface area contributed by atoms with Gasteiger partial charge >= 0.3 is 0 Å². The van der Waals surface area contributed by atoms with Crippen LogP contribution in [0, 0.1) is 17.2 Å². The van der Waals surface area contributed by atoms with Crippen LogP contribution in [0.15, 0.2) is 24.3 Å². The molecule has 0 aliphatic carbocycles. The molecule has 1 aromatic carbocycles. The van der Waals surface area contributed by atoms with Crippen molar-refractivity contribution in [2.45, 2.75) is 25.4 Å². The largest absolute Gasteiger partial charge is 0.312 e. The van der Waals surface area contributed by atoms with E-state index >= 15 is 0 Å². The third kappa shape index (κ3) is 2.27. The van der Waals surface area contributed by atoms with E-state index in [1.807, 2.05) is 18.2 Å². The molecule has 0 radical (unpaired) electrons. The van der Waals surface area contributed by atoms with Crippen LogP contribution in [0.3, 0.4) is 0 Å². The van der Waals surface area contributed by atoms with Gasteiger partial charge in [0.05, 0.1) is 11.6 Å². The summed E-state index contributed by atoms with van der Waals surface area (Å²) in [5.74, 6) is 0.813. The highest BCUT2D eigenvalue weighted by atomic mass is 15.2. The van der Waals surface area contributed by atoms with E-state index < -0.39 is 0 Å². The van der Waals surface area contributed by atoms with Crippen molar-refractivity contribution in [2.24, 2.45) is 5.92 Å². The minimum Gasteiger partial charge on any atom is -0.312 e. The average molecular weight is 241 g/mol. The van der Waals surface area contributed by atoms with Gasteiger partial charge in [-0.05, 0) is 36.9 Å². The molecule has 2 atom stereocenters. The first-order chi connectivity index (χ1) is 8.86. The molecular formula is C15H19N3. The number of hydrogen-bond acceptors (Lipinski definition) is 3. The number of rotatable bonds is 2. The minimum atomic E-state index is 0.674. The van der Waals surface area contributed by atoms with Crippen molar-refractivity contribution < 1.29 is 0 Å². The Balaban J connectivity index is 1.69. The first kappa shape index (κ1) is 11.7. The summed E-state index contributed by atoms with van der Waals surface area (Å²) in [4.78, 5) is 2.49. The normalized spacial score (nSPS) is 27.7. The Bertz CT molecular complexity index is 449. The van der Waals surface area contributed by atoms with Gasteiger partial charge in [0.15, 0.2) is 0 Å². The average Bonchev–Trinajstić information content (AvgIpc) is 2.81. The zero-order valence-electron chi connectivity index (χ0n) is 10.6. The predicted molar refractivity (Wildman–Crippen MR) is 70.9 cm³/mol. The summed E-state index contributed by atoms with van der Waals surface area (Å²) in [6.07, 6.45) is 2.66. The maximum atomic E-state index is 9.12. The standard InChI is InChI=1S/C15H19N3/c16-8-12-4-1-2-5-13(12)9-18-10-14-6-3-7-17-15(14)11-18/h1-2,4-5,14-15,17H,3,6-7,9-11H2/t14-,15+/m0/s1. The summed E-state index contributed by atoms with van der Waals surface area (Å²) in [6.45, 7) is 4.39. The van der Waals surface area contributed by atoms with Crippen molar-refractivity contribution in [2.75, 3.05) is 19.6 Å². The molecule has 2 fully saturated rings. The van der Waals surface area contributed by atoms with Gasteiger partial charge in [-0.3, -0.25) is 4.90 Å². The maximum Gasteiger partial charge on any atom is 0.0995 e. The van der Waals surface area contributed by atoms with Crippen LogP contribution in [0.25, 0.3) is 0 Å². The lowest BCUT2D eigenvalue weighted by Gasteiger charge is -2.24. The molecule has 2 saturated heterocycles. The molecule has 0 aromatic heterocycles. The van der Waals surface area contributed by atoms with Crippen molar-refractivity contribution in [3.05, 3.63) is 35.4 Å². The van der Waals surface area contributed by atoms with Gasteiger partial charge in [0, 0.05) is 25.7 Å². The summed E-state index contributed by atoms with van der Waals surface area (Å²) in [6, 6.07) is 10.9. The quantitative estimate of drug-likeness (QED) is 0.857. The van der Waals surface area contributed by atoms with Gasteiger partial charge in [-0.2, -0.15) is 5.26 Å². The Labute approximate surface area is 108 Å². The lowest BCUT2D eigenvalue weighted by molar-refractivity contribution is 0.312. The van der Waals surface area contributed by atoms with Gasteiger partial charge in [-0.15, -0.1) is 0 Å². The van der Waals surface area contributed by atoms with E-state index in [-0.39, 0.29) is 0 Å². The fourth-order valence-corrected chi connectivity index (χ4v) is 3.27. The minimum absolute atomic E-state index is 0.674. The molecule has 2 aliphatic rings.